The summed E-state index contributed by atoms with van der Waals surface area (Å²) in [5, 5.41) is 3.31. The second-order valence-electron chi connectivity index (χ2n) is 5.14. The number of likely N-dealkylation sites (N-methyl/N-ethyl adjacent to an activating group) is 1. The molecule has 0 aromatic heterocycles. The average molecular weight is 219 g/mol. The molecule has 0 fully saturated rings. The van der Waals surface area contributed by atoms with Gasteiger partial charge in [0.25, 0.3) is 0 Å². The fourth-order valence-corrected chi connectivity index (χ4v) is 2.09. The molecule has 0 heterocycles. The van der Waals surface area contributed by atoms with E-state index in [0.717, 1.165) is 12.5 Å². The predicted molar refractivity (Wildman–Crippen MR) is 71.9 cm³/mol. The summed E-state index contributed by atoms with van der Waals surface area (Å²) in [5.74, 6) is 1.46. The van der Waals surface area contributed by atoms with Gasteiger partial charge in [-0.1, -0.05) is 50.1 Å². The first-order chi connectivity index (χ1) is 7.63. The third-order valence-electron chi connectivity index (χ3n) is 3.06. The van der Waals surface area contributed by atoms with Crippen molar-refractivity contribution in [1.29, 1.82) is 0 Å². The summed E-state index contributed by atoms with van der Waals surface area (Å²) in [6.45, 7) is 7.85. The fraction of sp³-hybridized carbons (Fsp3) is 0.600. The van der Waals surface area contributed by atoms with E-state index in [1.54, 1.807) is 0 Å². The van der Waals surface area contributed by atoms with E-state index in [-0.39, 0.29) is 0 Å². The minimum atomic E-state index is 0.660. The van der Waals surface area contributed by atoms with Crippen molar-refractivity contribution in [3.8, 4) is 0 Å². The Bertz CT molecular complexity index is 304. The summed E-state index contributed by atoms with van der Waals surface area (Å²) in [6.07, 6.45) is 2.59. The maximum Gasteiger partial charge on any atom is 0.00171 e. The van der Waals surface area contributed by atoms with Crippen molar-refractivity contribution in [2.24, 2.45) is 5.92 Å². The van der Waals surface area contributed by atoms with Crippen molar-refractivity contribution in [3.63, 3.8) is 0 Å². The highest BCUT2D eigenvalue weighted by molar-refractivity contribution is 5.25. The summed E-state index contributed by atoms with van der Waals surface area (Å²) in [7, 11) is 2.04. The topological polar surface area (TPSA) is 12.0 Å². The molecule has 1 aromatic rings. The maximum absolute atomic E-state index is 3.31. The molecule has 0 aliphatic heterocycles. The van der Waals surface area contributed by atoms with Crippen molar-refractivity contribution in [3.05, 3.63) is 35.4 Å². The van der Waals surface area contributed by atoms with Crippen LogP contribution in [0.25, 0.3) is 0 Å². The molecule has 0 saturated heterocycles. The molecule has 1 aromatic carbocycles. The van der Waals surface area contributed by atoms with Crippen LogP contribution < -0.4 is 5.32 Å². The molecule has 90 valence electrons. The molecule has 16 heavy (non-hydrogen) atoms. The van der Waals surface area contributed by atoms with Crippen LogP contribution in [0.15, 0.2) is 24.3 Å². The van der Waals surface area contributed by atoms with Gasteiger partial charge in [-0.15, -0.1) is 0 Å². The van der Waals surface area contributed by atoms with Gasteiger partial charge in [0.2, 0.25) is 0 Å². The summed E-state index contributed by atoms with van der Waals surface area (Å²) in [5.41, 5.74) is 2.85. The van der Waals surface area contributed by atoms with Crippen LogP contribution >= 0.6 is 0 Å². The second kappa shape index (κ2) is 6.70. The second-order valence-corrected chi connectivity index (χ2v) is 5.14. The Labute approximate surface area is 100 Å². The number of rotatable bonds is 6. The van der Waals surface area contributed by atoms with Crippen LogP contribution in [0, 0.1) is 12.8 Å². The van der Waals surface area contributed by atoms with Gasteiger partial charge in [0.1, 0.15) is 0 Å². The molecule has 1 nitrogen and oxygen atoms in total. The average Bonchev–Trinajstić information content (AvgIpc) is 2.24. The van der Waals surface area contributed by atoms with E-state index in [0.29, 0.717) is 5.92 Å². The number of hydrogen-bond donors (Lipinski definition) is 1. The van der Waals surface area contributed by atoms with Crippen LogP contribution in [0.3, 0.4) is 0 Å². The molecule has 0 aliphatic carbocycles. The molecule has 1 N–H and O–H groups in total. The normalized spacial score (nSPS) is 13.1. The molecular formula is C15H25N. The first kappa shape index (κ1) is 13.2. The lowest BCUT2D eigenvalue weighted by Crippen LogP contribution is -2.17. The van der Waals surface area contributed by atoms with Crippen LogP contribution in [0.4, 0.5) is 0 Å². The van der Waals surface area contributed by atoms with Crippen LogP contribution in [0.1, 0.15) is 43.7 Å². The fourth-order valence-electron chi connectivity index (χ4n) is 2.09. The minimum absolute atomic E-state index is 0.660. The van der Waals surface area contributed by atoms with Crippen LogP contribution in [0.2, 0.25) is 0 Å². The minimum Gasteiger partial charge on any atom is -0.319 e. The first-order valence-corrected chi connectivity index (χ1v) is 6.34. The zero-order valence-corrected chi connectivity index (χ0v) is 11.1. The number of hydrogen-bond acceptors (Lipinski definition) is 1. The number of benzene rings is 1. The van der Waals surface area contributed by atoms with Gasteiger partial charge < -0.3 is 5.32 Å². The van der Waals surface area contributed by atoms with Crippen LogP contribution in [-0.4, -0.2) is 13.6 Å². The van der Waals surface area contributed by atoms with Crippen LogP contribution in [-0.2, 0) is 0 Å². The quantitative estimate of drug-likeness (QED) is 0.768. The molecule has 0 spiro atoms. The van der Waals surface area contributed by atoms with E-state index in [9.17, 15) is 0 Å². The van der Waals surface area contributed by atoms with Crippen molar-refractivity contribution in [1.82, 2.24) is 5.32 Å². The van der Waals surface area contributed by atoms with Gasteiger partial charge in [0.05, 0.1) is 0 Å². The molecule has 1 atom stereocenters. The summed E-state index contributed by atoms with van der Waals surface area (Å²) >= 11 is 0. The van der Waals surface area contributed by atoms with Gasteiger partial charge in [-0.3, -0.25) is 0 Å². The van der Waals surface area contributed by atoms with Gasteiger partial charge in [-0.05, 0) is 37.8 Å². The Morgan fingerprint density at radius 1 is 1.19 bits per heavy atom. The standard InChI is InChI=1S/C15H25N/c1-12(2)8-9-15(11-16-4)14-7-5-6-13(3)10-14/h5-7,10,12,15-16H,8-9,11H2,1-4H3. The van der Waals surface area contributed by atoms with Gasteiger partial charge in [-0.2, -0.15) is 0 Å². The molecule has 0 bridgehead atoms. The Balaban J connectivity index is 2.68. The highest BCUT2D eigenvalue weighted by Crippen LogP contribution is 2.23. The van der Waals surface area contributed by atoms with Gasteiger partial charge in [-0.25, -0.2) is 0 Å². The zero-order chi connectivity index (χ0) is 12.0. The lowest BCUT2D eigenvalue weighted by Gasteiger charge is -2.18. The highest BCUT2D eigenvalue weighted by atomic mass is 14.8. The van der Waals surface area contributed by atoms with Gasteiger partial charge in [0, 0.05) is 6.54 Å². The maximum atomic E-state index is 3.31. The number of nitrogens with one attached hydrogen (secondary N) is 1. The largest absolute Gasteiger partial charge is 0.319 e. The van der Waals surface area contributed by atoms with Crippen molar-refractivity contribution in [2.45, 2.75) is 39.5 Å². The molecule has 1 unspecified atom stereocenters. The Morgan fingerprint density at radius 2 is 1.94 bits per heavy atom. The van der Waals surface area contributed by atoms with Gasteiger partial charge >= 0.3 is 0 Å². The lowest BCUT2D eigenvalue weighted by molar-refractivity contribution is 0.487. The van der Waals surface area contributed by atoms with E-state index in [2.05, 4.69) is 50.4 Å². The Morgan fingerprint density at radius 3 is 2.50 bits per heavy atom. The van der Waals surface area contributed by atoms with E-state index in [1.807, 2.05) is 7.05 Å². The zero-order valence-electron chi connectivity index (χ0n) is 11.1. The van der Waals surface area contributed by atoms with E-state index in [1.165, 1.54) is 24.0 Å². The summed E-state index contributed by atoms with van der Waals surface area (Å²) < 4.78 is 0. The summed E-state index contributed by atoms with van der Waals surface area (Å²) in [6, 6.07) is 8.92. The summed E-state index contributed by atoms with van der Waals surface area (Å²) in [4.78, 5) is 0. The predicted octanol–water partition coefficient (Wildman–Crippen LogP) is 3.73. The van der Waals surface area contributed by atoms with E-state index < -0.39 is 0 Å². The smallest absolute Gasteiger partial charge is 0.00171 e. The SMILES string of the molecule is CNCC(CCC(C)C)c1cccc(C)c1. The highest BCUT2D eigenvalue weighted by Gasteiger charge is 2.11. The van der Waals surface area contributed by atoms with E-state index in [4.69, 9.17) is 0 Å². The third-order valence-corrected chi connectivity index (χ3v) is 3.06. The van der Waals surface area contributed by atoms with E-state index >= 15 is 0 Å². The molecule has 1 rings (SSSR count). The Kier molecular flexibility index (Phi) is 5.54. The van der Waals surface area contributed by atoms with Crippen molar-refractivity contribution >= 4 is 0 Å². The Hall–Kier alpha value is -0.820. The third kappa shape index (κ3) is 4.36. The monoisotopic (exact) mass is 219 g/mol. The molecule has 1 heteroatoms. The molecule has 0 saturated carbocycles. The first-order valence-electron chi connectivity index (χ1n) is 6.34. The van der Waals surface area contributed by atoms with Crippen molar-refractivity contribution < 1.29 is 0 Å². The molecule has 0 radical (unpaired) electrons. The molecular weight excluding hydrogens is 194 g/mol. The lowest BCUT2D eigenvalue weighted by atomic mass is 9.90. The molecule has 0 aliphatic rings. The number of aryl methyl sites for hydroxylation is 1. The molecule has 0 amide bonds. The van der Waals surface area contributed by atoms with Crippen LogP contribution in [0.5, 0.6) is 0 Å². The van der Waals surface area contributed by atoms with Gasteiger partial charge in [0.15, 0.2) is 0 Å². The van der Waals surface area contributed by atoms with Crippen molar-refractivity contribution in [2.75, 3.05) is 13.6 Å².